The zero-order valence-electron chi connectivity index (χ0n) is 20.1. The zero-order valence-corrected chi connectivity index (χ0v) is 20.1. The smallest absolute Gasteiger partial charge is 0.406 e. The zero-order chi connectivity index (χ0) is 26.8. The second-order valence-corrected chi connectivity index (χ2v) is 9.01. The molecule has 0 radical (unpaired) electrons. The fourth-order valence-corrected chi connectivity index (χ4v) is 4.49. The number of aliphatic hydroxyl groups is 1. The molecule has 196 valence electrons. The molecular weight excluding hydrogens is 499 g/mol. The quantitative estimate of drug-likeness (QED) is 0.317. The molecule has 2 heterocycles. The number of anilines is 1. The number of aromatic nitrogens is 1. The third-order valence-corrected chi connectivity index (χ3v) is 6.49. The molecule has 0 spiro atoms. The Morgan fingerprint density at radius 2 is 1.68 bits per heavy atom. The third-order valence-electron chi connectivity index (χ3n) is 6.49. The molecule has 7 nitrogen and oxygen atoms in total. The minimum absolute atomic E-state index is 0.181. The van der Waals surface area contributed by atoms with Crippen LogP contribution in [0.25, 0.3) is 10.9 Å². The maximum atomic E-state index is 13.0. The van der Waals surface area contributed by atoms with Gasteiger partial charge in [-0.3, -0.25) is 9.78 Å². The first kappa shape index (κ1) is 25.3. The van der Waals surface area contributed by atoms with E-state index in [2.05, 4.69) is 15.2 Å². The lowest BCUT2D eigenvalue weighted by Gasteiger charge is -2.38. The number of carbonyl (C=O) groups excluding carboxylic acids is 1. The van der Waals surface area contributed by atoms with E-state index in [-0.39, 0.29) is 31.8 Å². The van der Waals surface area contributed by atoms with Crippen molar-refractivity contribution < 1.29 is 32.6 Å². The number of alkyl halides is 3. The molecule has 10 heteroatoms. The Hall–Kier alpha value is -4.31. The summed E-state index contributed by atoms with van der Waals surface area (Å²) >= 11 is 0. The third kappa shape index (κ3) is 5.65. The molecule has 0 unspecified atom stereocenters. The van der Waals surface area contributed by atoms with E-state index in [0.29, 0.717) is 22.6 Å². The summed E-state index contributed by atoms with van der Waals surface area (Å²) in [5.74, 6) is -0.0252. The van der Waals surface area contributed by atoms with E-state index in [0.717, 1.165) is 10.9 Å². The number of benzene rings is 3. The Bertz CT molecular complexity index is 1430. The van der Waals surface area contributed by atoms with E-state index in [1.54, 1.807) is 47.5 Å². The number of hydrogen-bond acceptors (Lipinski definition) is 6. The van der Waals surface area contributed by atoms with Crippen LogP contribution in [0.2, 0.25) is 0 Å². The van der Waals surface area contributed by atoms with Gasteiger partial charge in [-0.05, 0) is 66.9 Å². The molecule has 38 heavy (non-hydrogen) atoms. The predicted octanol–water partition coefficient (Wildman–Crippen LogP) is 5.66. The number of pyridine rings is 1. The van der Waals surface area contributed by atoms with Crippen LogP contribution >= 0.6 is 0 Å². The van der Waals surface area contributed by atoms with Gasteiger partial charge in [0, 0.05) is 30.2 Å². The van der Waals surface area contributed by atoms with Crippen LogP contribution in [0.5, 0.6) is 11.5 Å². The van der Waals surface area contributed by atoms with Gasteiger partial charge in [-0.1, -0.05) is 30.3 Å². The Labute approximate surface area is 216 Å². The Balaban J connectivity index is 1.19. The van der Waals surface area contributed by atoms with Crippen LogP contribution in [0.1, 0.15) is 28.8 Å². The number of para-hydroxylation sites is 1. The van der Waals surface area contributed by atoms with Crippen LogP contribution in [0, 0.1) is 0 Å². The monoisotopic (exact) mass is 523 g/mol. The van der Waals surface area contributed by atoms with Crippen molar-refractivity contribution in [2.45, 2.75) is 24.8 Å². The van der Waals surface area contributed by atoms with Crippen molar-refractivity contribution in [1.82, 2.24) is 9.88 Å². The lowest BCUT2D eigenvalue weighted by atomic mass is 9.84. The molecule has 3 aromatic carbocycles. The van der Waals surface area contributed by atoms with Gasteiger partial charge in [0.15, 0.2) is 5.75 Å². The minimum Gasteiger partial charge on any atom is -0.406 e. The average molecular weight is 524 g/mol. The van der Waals surface area contributed by atoms with Crippen molar-refractivity contribution in [2.75, 3.05) is 18.6 Å². The van der Waals surface area contributed by atoms with Crippen LogP contribution in [-0.4, -0.2) is 40.3 Å². The Morgan fingerprint density at radius 3 is 2.42 bits per heavy atom. The summed E-state index contributed by atoms with van der Waals surface area (Å²) in [6.45, 7) is 0.494. The SMILES string of the molecule is O=C(c1ccc(NOc2cccc3cccnc23)cc1)N1CCC(O)(c2cccc(OC(F)(F)F)c2)CC1. The number of piperidine rings is 1. The van der Waals surface area contributed by atoms with Gasteiger partial charge in [0.05, 0.1) is 11.3 Å². The highest BCUT2D eigenvalue weighted by molar-refractivity contribution is 5.94. The van der Waals surface area contributed by atoms with Crippen LogP contribution < -0.4 is 15.1 Å². The average Bonchev–Trinajstić information content (AvgIpc) is 2.91. The fraction of sp³-hybridized carbons (Fsp3) is 0.214. The van der Waals surface area contributed by atoms with E-state index in [1.807, 2.05) is 24.3 Å². The molecule has 2 N–H and O–H groups in total. The summed E-state index contributed by atoms with van der Waals surface area (Å²) in [6, 6.07) is 21.5. The molecule has 1 saturated heterocycles. The van der Waals surface area contributed by atoms with Crippen molar-refractivity contribution in [2.24, 2.45) is 0 Å². The minimum atomic E-state index is -4.82. The Kier molecular flexibility index (Phi) is 6.81. The van der Waals surface area contributed by atoms with Crippen LogP contribution in [0.3, 0.4) is 0 Å². The van der Waals surface area contributed by atoms with Gasteiger partial charge >= 0.3 is 6.36 Å². The second kappa shape index (κ2) is 10.2. The van der Waals surface area contributed by atoms with Gasteiger partial charge in [0.25, 0.3) is 5.91 Å². The van der Waals surface area contributed by atoms with E-state index in [1.165, 1.54) is 18.2 Å². The molecule has 1 aliphatic heterocycles. The summed E-state index contributed by atoms with van der Waals surface area (Å²) in [5, 5.41) is 12.0. The highest BCUT2D eigenvalue weighted by atomic mass is 19.4. The number of nitrogens with zero attached hydrogens (tertiary/aromatic N) is 2. The number of carbonyl (C=O) groups is 1. The summed E-state index contributed by atoms with van der Waals surface area (Å²) < 4.78 is 41.7. The predicted molar refractivity (Wildman–Crippen MR) is 135 cm³/mol. The number of nitrogens with one attached hydrogen (secondary N) is 1. The summed E-state index contributed by atoms with van der Waals surface area (Å²) in [6.07, 6.45) is -2.76. The van der Waals surface area contributed by atoms with Gasteiger partial charge < -0.3 is 19.6 Å². The maximum absolute atomic E-state index is 13.0. The van der Waals surface area contributed by atoms with Crippen molar-refractivity contribution in [3.05, 3.63) is 96.2 Å². The highest BCUT2D eigenvalue weighted by Crippen LogP contribution is 2.36. The van der Waals surface area contributed by atoms with E-state index < -0.39 is 17.7 Å². The van der Waals surface area contributed by atoms with Gasteiger partial charge in [-0.25, -0.2) is 5.48 Å². The van der Waals surface area contributed by atoms with Crippen LogP contribution in [-0.2, 0) is 5.60 Å². The van der Waals surface area contributed by atoms with Crippen molar-refractivity contribution in [3.63, 3.8) is 0 Å². The molecule has 1 aromatic heterocycles. The highest BCUT2D eigenvalue weighted by Gasteiger charge is 2.37. The largest absolute Gasteiger partial charge is 0.573 e. The number of hydrogen-bond donors (Lipinski definition) is 2. The number of likely N-dealkylation sites (tertiary alicyclic amines) is 1. The standard InChI is InChI=1S/C28H24F3N3O4/c29-28(30,31)37-23-7-2-6-21(18-23)27(36)13-16-34(17-14-27)26(35)20-9-11-22(12-10-20)33-38-24-8-1-4-19-5-3-15-32-25(19)24/h1-12,15,18,33,36H,13-14,16-17H2. The molecule has 0 saturated carbocycles. The van der Waals surface area contributed by atoms with E-state index in [4.69, 9.17) is 4.84 Å². The van der Waals surface area contributed by atoms with Crippen LogP contribution in [0.4, 0.5) is 18.9 Å². The van der Waals surface area contributed by atoms with Gasteiger partial charge in [-0.2, -0.15) is 0 Å². The van der Waals surface area contributed by atoms with E-state index in [9.17, 15) is 23.1 Å². The molecule has 1 amide bonds. The molecule has 5 rings (SSSR count). The number of rotatable bonds is 6. The topological polar surface area (TPSA) is 83.9 Å². The summed E-state index contributed by atoms with van der Waals surface area (Å²) in [7, 11) is 0. The molecule has 0 atom stereocenters. The first-order valence-corrected chi connectivity index (χ1v) is 11.9. The summed E-state index contributed by atoms with van der Waals surface area (Å²) in [4.78, 5) is 24.7. The molecule has 0 aliphatic carbocycles. The van der Waals surface area contributed by atoms with Crippen LogP contribution in [0.15, 0.2) is 85.1 Å². The lowest BCUT2D eigenvalue weighted by Crippen LogP contribution is -2.45. The van der Waals surface area contributed by atoms with Crippen molar-refractivity contribution in [1.29, 1.82) is 0 Å². The molecule has 1 fully saturated rings. The fourth-order valence-electron chi connectivity index (χ4n) is 4.49. The molecular formula is C28H24F3N3O4. The van der Waals surface area contributed by atoms with Gasteiger partial charge in [0.2, 0.25) is 0 Å². The van der Waals surface area contributed by atoms with Gasteiger partial charge in [0.1, 0.15) is 11.3 Å². The maximum Gasteiger partial charge on any atom is 0.573 e. The number of halogens is 3. The molecule has 0 bridgehead atoms. The number of ether oxygens (including phenoxy) is 1. The first-order chi connectivity index (χ1) is 18.2. The number of fused-ring (bicyclic) bond motifs is 1. The molecule has 1 aliphatic rings. The second-order valence-electron chi connectivity index (χ2n) is 9.01. The first-order valence-electron chi connectivity index (χ1n) is 11.9. The van der Waals surface area contributed by atoms with Crippen molar-refractivity contribution in [3.8, 4) is 11.5 Å². The van der Waals surface area contributed by atoms with Crippen molar-refractivity contribution >= 4 is 22.5 Å². The summed E-state index contributed by atoms with van der Waals surface area (Å²) in [5.41, 5.74) is 3.66. The normalized spacial score (nSPS) is 15.2. The lowest BCUT2D eigenvalue weighted by molar-refractivity contribution is -0.274. The Morgan fingerprint density at radius 1 is 0.974 bits per heavy atom. The molecule has 4 aromatic rings. The van der Waals surface area contributed by atoms with E-state index >= 15 is 0 Å². The van der Waals surface area contributed by atoms with Gasteiger partial charge in [-0.15, -0.1) is 13.2 Å². The number of amides is 1.